The van der Waals surface area contributed by atoms with Crippen LogP contribution in [0.2, 0.25) is 0 Å². The first kappa shape index (κ1) is 17.1. The summed E-state index contributed by atoms with van der Waals surface area (Å²) >= 11 is 0. The molecule has 1 fully saturated rings. The molecule has 104 valence electrons. The standard InChI is InChI=1S/C8H18N2O4S2.ClH/c1-15(11,12)5-6-16(13,14)10-7-8-3-2-4-9-8;/h8-10H,2-7H2,1H3;1H. The predicted molar refractivity (Wildman–Crippen MR) is 69.8 cm³/mol. The van der Waals surface area contributed by atoms with Crippen LogP contribution in [0.25, 0.3) is 0 Å². The summed E-state index contributed by atoms with van der Waals surface area (Å²) in [6.45, 7) is 1.25. The summed E-state index contributed by atoms with van der Waals surface area (Å²) in [4.78, 5) is 0. The van der Waals surface area contributed by atoms with Gasteiger partial charge in [-0.25, -0.2) is 21.6 Å². The highest BCUT2D eigenvalue weighted by atomic mass is 35.5. The van der Waals surface area contributed by atoms with Crippen LogP contribution in [-0.4, -0.2) is 53.7 Å². The van der Waals surface area contributed by atoms with Gasteiger partial charge in [0.25, 0.3) is 0 Å². The first-order valence-corrected chi connectivity index (χ1v) is 8.88. The molecule has 0 aromatic heterocycles. The lowest BCUT2D eigenvalue weighted by atomic mass is 10.2. The first-order valence-electron chi connectivity index (χ1n) is 5.17. The van der Waals surface area contributed by atoms with Crippen molar-refractivity contribution in [2.45, 2.75) is 18.9 Å². The molecule has 17 heavy (non-hydrogen) atoms. The van der Waals surface area contributed by atoms with Gasteiger partial charge in [-0.1, -0.05) is 0 Å². The Morgan fingerprint density at radius 3 is 2.35 bits per heavy atom. The SMILES string of the molecule is CS(=O)(=O)CCS(=O)(=O)NCC1CCCN1.Cl. The topological polar surface area (TPSA) is 92.3 Å². The Kier molecular flexibility index (Phi) is 6.93. The maximum absolute atomic E-state index is 11.4. The summed E-state index contributed by atoms with van der Waals surface area (Å²) in [7, 11) is -6.70. The highest BCUT2D eigenvalue weighted by molar-refractivity contribution is 7.93. The van der Waals surface area contributed by atoms with E-state index in [4.69, 9.17) is 0 Å². The van der Waals surface area contributed by atoms with Crippen molar-refractivity contribution in [2.75, 3.05) is 30.9 Å². The van der Waals surface area contributed by atoms with Crippen molar-refractivity contribution in [1.29, 1.82) is 0 Å². The molecule has 1 aliphatic rings. The predicted octanol–water partition coefficient (Wildman–Crippen LogP) is -0.876. The van der Waals surface area contributed by atoms with Crippen LogP contribution in [0.1, 0.15) is 12.8 Å². The lowest BCUT2D eigenvalue weighted by Gasteiger charge is -2.11. The molecule has 1 unspecified atom stereocenters. The van der Waals surface area contributed by atoms with Crippen LogP contribution in [-0.2, 0) is 19.9 Å². The average Bonchev–Trinajstić information content (AvgIpc) is 2.64. The van der Waals surface area contributed by atoms with E-state index >= 15 is 0 Å². The Balaban J connectivity index is 0.00000256. The first-order chi connectivity index (χ1) is 7.29. The molecule has 0 amide bonds. The highest BCUT2D eigenvalue weighted by Crippen LogP contribution is 2.03. The van der Waals surface area contributed by atoms with E-state index in [2.05, 4.69) is 10.0 Å². The fourth-order valence-electron chi connectivity index (χ4n) is 1.49. The van der Waals surface area contributed by atoms with Crippen molar-refractivity contribution in [1.82, 2.24) is 10.0 Å². The molecule has 0 bridgehead atoms. The van der Waals surface area contributed by atoms with Gasteiger partial charge in [0.2, 0.25) is 10.0 Å². The molecule has 9 heteroatoms. The lowest BCUT2D eigenvalue weighted by Crippen LogP contribution is -2.39. The van der Waals surface area contributed by atoms with Gasteiger partial charge in [0.15, 0.2) is 0 Å². The maximum atomic E-state index is 11.4. The van der Waals surface area contributed by atoms with Gasteiger partial charge in [-0.3, -0.25) is 0 Å². The maximum Gasteiger partial charge on any atom is 0.212 e. The van der Waals surface area contributed by atoms with Crippen molar-refractivity contribution in [3.05, 3.63) is 0 Å². The zero-order valence-electron chi connectivity index (χ0n) is 9.68. The molecule has 0 aromatic rings. The summed E-state index contributed by atoms with van der Waals surface area (Å²) in [5, 5.41) is 3.16. The number of rotatable bonds is 6. The van der Waals surface area contributed by atoms with Gasteiger partial charge < -0.3 is 5.32 Å². The number of sulfone groups is 1. The molecule has 0 saturated carbocycles. The second kappa shape index (κ2) is 6.89. The van der Waals surface area contributed by atoms with E-state index in [1.54, 1.807) is 0 Å². The molecule has 0 aliphatic carbocycles. The van der Waals surface area contributed by atoms with Crippen LogP contribution in [0.5, 0.6) is 0 Å². The van der Waals surface area contributed by atoms with E-state index in [0.717, 1.165) is 25.6 Å². The van der Waals surface area contributed by atoms with E-state index in [1.807, 2.05) is 0 Å². The van der Waals surface area contributed by atoms with Gasteiger partial charge >= 0.3 is 0 Å². The summed E-state index contributed by atoms with van der Waals surface area (Å²) in [6, 6.07) is 0.174. The zero-order chi connectivity index (χ0) is 12.2. The van der Waals surface area contributed by atoms with E-state index in [-0.39, 0.29) is 30.0 Å². The second-order valence-corrected chi connectivity index (χ2v) is 8.28. The summed E-state index contributed by atoms with van der Waals surface area (Å²) in [5.74, 6) is -0.695. The quantitative estimate of drug-likeness (QED) is 0.665. The third-order valence-electron chi connectivity index (χ3n) is 2.43. The molecule has 1 atom stereocenters. The molecule has 1 aliphatic heterocycles. The minimum Gasteiger partial charge on any atom is -0.313 e. The van der Waals surface area contributed by atoms with Crippen LogP contribution < -0.4 is 10.0 Å². The minimum absolute atomic E-state index is 0. The Bertz CT molecular complexity index is 415. The van der Waals surface area contributed by atoms with Crippen molar-refractivity contribution in [3.8, 4) is 0 Å². The monoisotopic (exact) mass is 306 g/mol. The van der Waals surface area contributed by atoms with Gasteiger partial charge in [0, 0.05) is 18.8 Å². The molecule has 1 heterocycles. The lowest BCUT2D eigenvalue weighted by molar-refractivity contribution is 0.551. The molecular weight excluding hydrogens is 288 g/mol. The Morgan fingerprint density at radius 1 is 1.24 bits per heavy atom. The van der Waals surface area contributed by atoms with E-state index in [9.17, 15) is 16.8 Å². The second-order valence-electron chi connectivity index (χ2n) is 4.09. The molecular formula is C8H19ClN2O4S2. The molecule has 2 N–H and O–H groups in total. The van der Waals surface area contributed by atoms with Crippen LogP contribution in [0.4, 0.5) is 0 Å². The fraction of sp³-hybridized carbons (Fsp3) is 1.00. The van der Waals surface area contributed by atoms with Crippen LogP contribution >= 0.6 is 12.4 Å². The summed E-state index contributed by atoms with van der Waals surface area (Å²) < 4.78 is 46.9. The normalized spacial score (nSPS) is 21.1. The van der Waals surface area contributed by atoms with Crippen LogP contribution in [0.15, 0.2) is 0 Å². The Morgan fingerprint density at radius 2 is 1.88 bits per heavy atom. The minimum atomic E-state index is -3.47. The highest BCUT2D eigenvalue weighted by Gasteiger charge is 2.18. The largest absolute Gasteiger partial charge is 0.313 e. The molecule has 0 spiro atoms. The fourth-order valence-corrected chi connectivity index (χ4v) is 4.18. The van der Waals surface area contributed by atoms with Gasteiger partial charge in [0.05, 0.1) is 11.5 Å². The Labute approximate surface area is 109 Å². The van der Waals surface area contributed by atoms with E-state index < -0.39 is 19.9 Å². The smallest absolute Gasteiger partial charge is 0.212 e. The zero-order valence-corrected chi connectivity index (χ0v) is 12.1. The van der Waals surface area contributed by atoms with E-state index in [0.29, 0.717) is 6.54 Å². The van der Waals surface area contributed by atoms with Crippen molar-refractivity contribution in [2.24, 2.45) is 0 Å². The molecule has 1 rings (SSSR count). The van der Waals surface area contributed by atoms with Crippen LogP contribution in [0.3, 0.4) is 0 Å². The van der Waals surface area contributed by atoms with Crippen LogP contribution in [0, 0.1) is 0 Å². The molecule has 0 aromatic carbocycles. The molecule has 6 nitrogen and oxygen atoms in total. The third kappa shape index (κ3) is 7.93. The van der Waals surface area contributed by atoms with Crippen molar-refractivity contribution in [3.63, 3.8) is 0 Å². The van der Waals surface area contributed by atoms with E-state index in [1.165, 1.54) is 0 Å². The van der Waals surface area contributed by atoms with Gasteiger partial charge in [0.1, 0.15) is 9.84 Å². The number of hydrogen-bond donors (Lipinski definition) is 2. The molecule has 1 saturated heterocycles. The summed E-state index contributed by atoms with van der Waals surface area (Å²) in [6.07, 6.45) is 3.03. The Hall–Kier alpha value is 0.110. The number of sulfonamides is 1. The summed E-state index contributed by atoms with van der Waals surface area (Å²) in [5.41, 5.74) is 0. The van der Waals surface area contributed by atoms with Crippen molar-refractivity contribution < 1.29 is 16.8 Å². The average molecular weight is 307 g/mol. The number of nitrogens with one attached hydrogen (secondary N) is 2. The number of hydrogen-bond acceptors (Lipinski definition) is 5. The molecule has 0 radical (unpaired) electrons. The van der Waals surface area contributed by atoms with Gasteiger partial charge in [-0.15, -0.1) is 12.4 Å². The third-order valence-corrected chi connectivity index (χ3v) is 4.99. The van der Waals surface area contributed by atoms with Gasteiger partial charge in [-0.05, 0) is 19.4 Å². The number of halogens is 1. The van der Waals surface area contributed by atoms with Crippen molar-refractivity contribution >= 4 is 32.3 Å². The van der Waals surface area contributed by atoms with Gasteiger partial charge in [-0.2, -0.15) is 0 Å².